The molecule has 2 fully saturated rings. The molecule has 0 amide bonds. The lowest BCUT2D eigenvalue weighted by Crippen LogP contribution is -2.21. The average molecular weight is 631 g/mol. The maximum atomic E-state index is 9.04. The summed E-state index contributed by atoms with van der Waals surface area (Å²) in [7, 11) is 0. The number of alkyl halides is 1. The molecule has 0 saturated carbocycles. The van der Waals surface area contributed by atoms with E-state index in [1.54, 1.807) is 0 Å². The summed E-state index contributed by atoms with van der Waals surface area (Å²) in [5.74, 6) is 2.59. The summed E-state index contributed by atoms with van der Waals surface area (Å²) >= 11 is 5.27. The maximum Gasteiger partial charge on any atom is 0.104 e. The van der Waals surface area contributed by atoms with Crippen molar-refractivity contribution in [2.45, 2.75) is 137 Å². The van der Waals surface area contributed by atoms with Gasteiger partial charge in [-0.3, -0.25) is 0 Å². The Morgan fingerprint density at radius 1 is 0.667 bits per heavy atom. The third-order valence-electron chi connectivity index (χ3n) is 7.40. The molecule has 0 aliphatic carbocycles. The average Bonchev–Trinajstić information content (AvgIpc) is 3.93. The van der Waals surface area contributed by atoms with Gasteiger partial charge >= 0.3 is 0 Å². The molecule has 6 atom stereocenters. The minimum atomic E-state index is -0.723. The Kier molecular flexibility index (Phi) is 39.2. The molecule has 0 spiro atoms. The summed E-state index contributed by atoms with van der Waals surface area (Å²) < 4.78 is 20.7. The number of rotatable bonds is 23. The molecule has 2 aliphatic rings. The Bertz CT molecular complexity index is 491. The number of unbranched alkanes of at least 4 members (excludes halogenated alkanes) is 3. The highest BCUT2D eigenvalue weighted by Gasteiger charge is 2.22. The summed E-state index contributed by atoms with van der Waals surface area (Å²) in [4.78, 5) is 0. The molecular formula is C33H71ClO8. The van der Waals surface area contributed by atoms with E-state index in [9.17, 15) is 0 Å². The summed E-state index contributed by atoms with van der Waals surface area (Å²) in [6, 6.07) is 0. The molecule has 0 aromatic rings. The Morgan fingerprint density at radius 2 is 1.10 bits per heavy atom. The molecule has 258 valence electrons. The number of hydrogen-bond donors (Lipinski definition) is 3. The predicted molar refractivity (Wildman–Crippen MR) is 176 cm³/mol. The van der Waals surface area contributed by atoms with Crippen molar-refractivity contribution in [3.63, 3.8) is 0 Å². The van der Waals surface area contributed by atoms with Crippen LogP contribution >= 0.6 is 11.6 Å². The van der Waals surface area contributed by atoms with Gasteiger partial charge in [0.1, 0.15) is 12.2 Å². The smallest absolute Gasteiger partial charge is 0.104 e. The van der Waals surface area contributed by atoms with Crippen LogP contribution in [0.1, 0.15) is 119 Å². The first-order valence-electron chi connectivity index (χ1n) is 16.7. The monoisotopic (exact) mass is 630 g/mol. The van der Waals surface area contributed by atoms with Gasteiger partial charge in [0.2, 0.25) is 0 Å². The molecule has 2 aliphatic heterocycles. The lowest BCUT2D eigenvalue weighted by molar-refractivity contribution is -0.00599. The Labute approximate surface area is 264 Å². The van der Waals surface area contributed by atoms with Gasteiger partial charge in [-0.05, 0) is 37.0 Å². The number of epoxide rings is 2. The molecule has 2 heterocycles. The molecular weight excluding hydrogens is 560 g/mol. The van der Waals surface area contributed by atoms with Crippen molar-refractivity contribution in [3.8, 4) is 0 Å². The molecule has 42 heavy (non-hydrogen) atoms. The number of aliphatic hydroxyl groups excluding tert-OH is 3. The molecule has 9 heteroatoms. The van der Waals surface area contributed by atoms with Crippen LogP contribution in [0.25, 0.3) is 0 Å². The van der Waals surface area contributed by atoms with Crippen molar-refractivity contribution in [1.29, 1.82) is 0 Å². The number of aliphatic hydroxyl groups is 3. The Hall–Kier alpha value is -0.0300. The van der Waals surface area contributed by atoms with Gasteiger partial charge in [0.15, 0.2) is 0 Å². The Balaban J connectivity index is -0.000000503. The minimum Gasteiger partial charge on any atom is -0.412 e. The highest BCUT2D eigenvalue weighted by Crippen LogP contribution is 2.15. The van der Waals surface area contributed by atoms with Crippen LogP contribution in [0.15, 0.2) is 0 Å². The van der Waals surface area contributed by atoms with Crippen molar-refractivity contribution >= 4 is 11.6 Å². The molecule has 0 aromatic carbocycles. The minimum absolute atomic E-state index is 0. The van der Waals surface area contributed by atoms with E-state index in [-0.39, 0.29) is 18.7 Å². The second-order valence-electron chi connectivity index (χ2n) is 11.4. The van der Waals surface area contributed by atoms with Crippen LogP contribution in [0.3, 0.4) is 0 Å². The second-order valence-corrected chi connectivity index (χ2v) is 11.7. The zero-order valence-electron chi connectivity index (χ0n) is 28.2. The fraction of sp³-hybridized carbons (Fsp3) is 1.00. The van der Waals surface area contributed by atoms with Crippen molar-refractivity contribution < 1.29 is 39.7 Å². The van der Waals surface area contributed by atoms with Gasteiger partial charge in [0, 0.05) is 19.8 Å². The molecule has 8 nitrogen and oxygen atoms in total. The molecule has 0 bridgehead atoms. The fourth-order valence-electron chi connectivity index (χ4n) is 3.82. The first-order chi connectivity index (χ1) is 19.9. The van der Waals surface area contributed by atoms with Crippen LogP contribution in [-0.2, 0) is 18.9 Å². The third kappa shape index (κ3) is 34.5. The van der Waals surface area contributed by atoms with Crippen LogP contribution in [0.2, 0.25) is 0 Å². The number of hydrogen-bond acceptors (Lipinski definition) is 7. The van der Waals surface area contributed by atoms with Crippen molar-refractivity contribution in [2.75, 3.05) is 58.7 Å². The van der Waals surface area contributed by atoms with Crippen LogP contribution < -0.4 is 0 Å². The topological polar surface area (TPSA) is 136 Å². The fourth-order valence-corrected chi connectivity index (χ4v) is 4.00. The van der Waals surface area contributed by atoms with Crippen molar-refractivity contribution in [2.24, 2.45) is 17.8 Å². The molecule has 2 saturated heterocycles. The first kappa shape index (κ1) is 46.4. The Morgan fingerprint density at radius 3 is 1.40 bits per heavy atom. The van der Waals surface area contributed by atoms with Gasteiger partial charge in [-0.1, -0.05) is 99.3 Å². The highest BCUT2D eigenvalue weighted by molar-refractivity contribution is 6.18. The second kappa shape index (κ2) is 35.4. The van der Waals surface area contributed by atoms with Gasteiger partial charge in [-0.25, -0.2) is 0 Å². The van der Waals surface area contributed by atoms with Crippen molar-refractivity contribution in [3.05, 3.63) is 0 Å². The lowest BCUT2D eigenvalue weighted by Gasteiger charge is -2.15. The standard InChI is InChI=1S/C11H24O3.C11H22O2.C8H18O.C3H5ClO.H2O/c1-3-5-6-10(4-2)8-14-9-11(13)7-12;1-3-5-6-10(4-2)7-12-8-11-9-13-11;1-3-5-6-8(4-2)7-9;4-1-3-2-5-3;/h10-13H,3-9H2,1-2H3;10-11H,3-9H2,1-2H3;8-9H,3-7H2,1-2H3;3H,1-2H2;1H2. The molecule has 0 aromatic heterocycles. The highest BCUT2D eigenvalue weighted by atomic mass is 35.5. The van der Waals surface area contributed by atoms with E-state index in [0.717, 1.165) is 45.2 Å². The summed E-state index contributed by atoms with van der Waals surface area (Å²) in [6.07, 6.45) is 14.9. The van der Waals surface area contributed by atoms with Gasteiger partial charge in [0.25, 0.3) is 0 Å². The number of halogens is 1. The van der Waals surface area contributed by atoms with Crippen molar-refractivity contribution in [1.82, 2.24) is 0 Å². The van der Waals surface area contributed by atoms with E-state index in [1.807, 2.05) is 0 Å². The van der Waals surface area contributed by atoms with E-state index in [1.165, 1.54) is 64.2 Å². The normalized spacial score (nSPS) is 19.3. The zero-order valence-corrected chi connectivity index (χ0v) is 28.9. The predicted octanol–water partition coefficient (Wildman–Crippen LogP) is 6.19. The molecule has 2 rings (SSSR count). The van der Waals surface area contributed by atoms with Gasteiger partial charge in [-0.2, -0.15) is 0 Å². The summed E-state index contributed by atoms with van der Waals surface area (Å²) in [5.41, 5.74) is 0. The maximum absolute atomic E-state index is 9.04. The van der Waals surface area contributed by atoms with E-state index < -0.39 is 6.10 Å². The number of ether oxygens (including phenoxy) is 4. The molecule has 6 unspecified atom stereocenters. The zero-order chi connectivity index (χ0) is 31.1. The molecule has 0 radical (unpaired) electrons. The van der Waals surface area contributed by atoms with Gasteiger partial charge in [-0.15, -0.1) is 11.6 Å². The van der Waals surface area contributed by atoms with Gasteiger partial charge in [0.05, 0.1) is 45.0 Å². The SMILES string of the molecule is CCCCC(CC)CO.CCCCC(CC)COCC(O)CO.CCCCC(CC)COCC1CO1.ClCC1CO1.O. The van der Waals surface area contributed by atoms with E-state index in [2.05, 4.69) is 41.5 Å². The first-order valence-corrected chi connectivity index (χ1v) is 17.3. The van der Waals surface area contributed by atoms with Gasteiger partial charge < -0.3 is 39.7 Å². The van der Waals surface area contributed by atoms with Crippen LogP contribution in [0, 0.1) is 17.8 Å². The van der Waals surface area contributed by atoms with Crippen LogP contribution in [0.4, 0.5) is 0 Å². The van der Waals surface area contributed by atoms with Crippen LogP contribution in [-0.4, -0.2) is 97.8 Å². The van der Waals surface area contributed by atoms with Crippen LogP contribution in [0.5, 0.6) is 0 Å². The van der Waals surface area contributed by atoms with E-state index in [0.29, 0.717) is 43.1 Å². The quantitative estimate of drug-likeness (QED) is 0.0905. The van der Waals surface area contributed by atoms with E-state index in [4.69, 9.17) is 45.9 Å². The van der Waals surface area contributed by atoms with E-state index >= 15 is 0 Å². The summed E-state index contributed by atoms with van der Waals surface area (Å²) in [5, 5.41) is 26.4. The largest absolute Gasteiger partial charge is 0.412 e. The summed E-state index contributed by atoms with van der Waals surface area (Å²) in [6.45, 7) is 17.8. The lowest BCUT2D eigenvalue weighted by atomic mass is 10.0. The molecule has 5 N–H and O–H groups in total. The third-order valence-corrected chi connectivity index (χ3v) is 7.74.